The summed E-state index contributed by atoms with van der Waals surface area (Å²) in [7, 11) is -3.61. The van der Waals surface area contributed by atoms with Gasteiger partial charge in [-0.3, -0.25) is 4.79 Å². The number of nitrogens with one attached hydrogen (secondary N) is 1. The van der Waals surface area contributed by atoms with Crippen LogP contribution in [0.3, 0.4) is 0 Å². The molecule has 0 amide bonds. The number of benzene rings is 1. The van der Waals surface area contributed by atoms with E-state index in [9.17, 15) is 13.2 Å². The SMILES string of the molecule is Cc1ccc(S(=O)(=O)NCC(=O)CCl)cc1. The number of alkyl halides is 1. The summed E-state index contributed by atoms with van der Waals surface area (Å²) < 4.78 is 25.5. The van der Waals surface area contributed by atoms with E-state index in [1.807, 2.05) is 6.92 Å². The summed E-state index contributed by atoms with van der Waals surface area (Å²) in [5, 5.41) is 0. The van der Waals surface area contributed by atoms with E-state index in [1.165, 1.54) is 12.1 Å². The van der Waals surface area contributed by atoms with Crippen LogP contribution in [0, 0.1) is 6.92 Å². The minimum atomic E-state index is -3.61. The lowest BCUT2D eigenvalue weighted by molar-refractivity contribution is -0.115. The molecule has 0 bridgehead atoms. The minimum absolute atomic E-state index is 0.139. The first-order valence-electron chi connectivity index (χ1n) is 4.59. The van der Waals surface area contributed by atoms with E-state index in [4.69, 9.17) is 11.6 Å². The van der Waals surface area contributed by atoms with Crippen molar-refractivity contribution in [1.82, 2.24) is 4.72 Å². The number of hydrogen-bond acceptors (Lipinski definition) is 3. The molecule has 0 unspecified atom stereocenters. The van der Waals surface area contributed by atoms with Gasteiger partial charge < -0.3 is 0 Å². The third-order valence-electron chi connectivity index (χ3n) is 1.94. The van der Waals surface area contributed by atoms with Gasteiger partial charge in [0.2, 0.25) is 10.0 Å². The first-order valence-corrected chi connectivity index (χ1v) is 6.61. The molecule has 0 radical (unpaired) electrons. The van der Waals surface area contributed by atoms with Gasteiger partial charge in [-0.1, -0.05) is 17.7 Å². The summed E-state index contributed by atoms with van der Waals surface area (Å²) in [6.07, 6.45) is 0. The Labute approximate surface area is 99.7 Å². The molecule has 0 spiro atoms. The fourth-order valence-electron chi connectivity index (χ4n) is 1.02. The normalized spacial score (nSPS) is 11.4. The zero-order valence-electron chi connectivity index (χ0n) is 8.73. The highest BCUT2D eigenvalue weighted by Crippen LogP contribution is 2.09. The number of halogens is 1. The zero-order valence-corrected chi connectivity index (χ0v) is 10.3. The summed E-state index contributed by atoms with van der Waals surface area (Å²) in [5.41, 5.74) is 0.968. The van der Waals surface area contributed by atoms with Gasteiger partial charge in [-0.25, -0.2) is 13.1 Å². The highest BCUT2D eigenvalue weighted by Gasteiger charge is 2.14. The van der Waals surface area contributed by atoms with Crippen LogP contribution >= 0.6 is 11.6 Å². The fraction of sp³-hybridized carbons (Fsp3) is 0.300. The maximum atomic E-state index is 11.7. The van der Waals surface area contributed by atoms with Gasteiger partial charge in [0.1, 0.15) is 0 Å². The highest BCUT2D eigenvalue weighted by molar-refractivity contribution is 7.89. The Kier molecular flexibility index (Phi) is 4.46. The molecule has 0 aliphatic rings. The number of Topliss-reactive ketones (excluding diaryl/α,β-unsaturated/α-hetero) is 1. The quantitative estimate of drug-likeness (QED) is 0.807. The number of aryl methyl sites for hydroxylation is 1. The summed E-state index contributed by atoms with van der Waals surface area (Å²) in [4.78, 5) is 11.0. The minimum Gasteiger partial charge on any atom is -0.297 e. The van der Waals surface area contributed by atoms with Crippen molar-refractivity contribution in [3.8, 4) is 0 Å². The molecule has 0 aromatic heterocycles. The maximum absolute atomic E-state index is 11.7. The molecule has 0 aliphatic carbocycles. The fourth-order valence-corrected chi connectivity index (χ4v) is 2.13. The van der Waals surface area contributed by atoms with Crippen LogP contribution in [0.2, 0.25) is 0 Å². The van der Waals surface area contributed by atoms with Crippen LogP contribution in [-0.4, -0.2) is 26.6 Å². The van der Waals surface area contributed by atoms with Gasteiger partial charge in [-0.05, 0) is 19.1 Å². The van der Waals surface area contributed by atoms with Crippen LogP contribution in [0.5, 0.6) is 0 Å². The molecule has 0 aliphatic heterocycles. The second-order valence-corrected chi connectivity index (χ2v) is 5.34. The lowest BCUT2D eigenvalue weighted by Crippen LogP contribution is -2.30. The Morgan fingerprint density at radius 3 is 2.38 bits per heavy atom. The summed E-state index contributed by atoms with van der Waals surface area (Å²) >= 11 is 5.26. The van der Waals surface area contributed by atoms with Crippen molar-refractivity contribution in [2.75, 3.05) is 12.4 Å². The molecule has 0 saturated carbocycles. The maximum Gasteiger partial charge on any atom is 0.240 e. The Balaban J connectivity index is 2.78. The second kappa shape index (κ2) is 5.43. The molecule has 1 aromatic carbocycles. The summed E-state index contributed by atoms with van der Waals surface area (Å²) in [6.45, 7) is 1.58. The van der Waals surface area contributed by atoms with Crippen molar-refractivity contribution in [3.05, 3.63) is 29.8 Å². The standard InChI is InChI=1S/C10H12ClNO3S/c1-8-2-4-10(5-3-8)16(14,15)12-7-9(13)6-11/h2-5,12H,6-7H2,1H3. The van der Waals surface area contributed by atoms with Gasteiger partial charge in [-0.15, -0.1) is 11.6 Å². The van der Waals surface area contributed by atoms with Crippen LogP contribution in [-0.2, 0) is 14.8 Å². The first kappa shape index (κ1) is 13.2. The van der Waals surface area contributed by atoms with Gasteiger partial charge >= 0.3 is 0 Å². The molecule has 1 N–H and O–H groups in total. The number of sulfonamides is 1. The molecule has 0 saturated heterocycles. The van der Waals surface area contributed by atoms with E-state index in [0.29, 0.717) is 0 Å². The topological polar surface area (TPSA) is 63.2 Å². The van der Waals surface area contributed by atoms with E-state index in [1.54, 1.807) is 12.1 Å². The van der Waals surface area contributed by atoms with E-state index < -0.39 is 10.0 Å². The van der Waals surface area contributed by atoms with Crippen LogP contribution in [0.15, 0.2) is 29.2 Å². The van der Waals surface area contributed by atoms with Crippen LogP contribution in [0.1, 0.15) is 5.56 Å². The van der Waals surface area contributed by atoms with Crippen LogP contribution < -0.4 is 4.72 Å². The molecule has 0 atom stereocenters. The van der Waals surface area contributed by atoms with Crippen molar-refractivity contribution < 1.29 is 13.2 Å². The van der Waals surface area contributed by atoms with Gasteiger partial charge in [0, 0.05) is 0 Å². The van der Waals surface area contributed by atoms with Gasteiger partial charge in [0.05, 0.1) is 17.3 Å². The lowest BCUT2D eigenvalue weighted by Gasteiger charge is -2.05. The third-order valence-corrected chi connectivity index (χ3v) is 3.65. The molecule has 16 heavy (non-hydrogen) atoms. The van der Waals surface area contributed by atoms with Crippen molar-refractivity contribution >= 4 is 27.4 Å². The molecule has 1 aromatic rings. The second-order valence-electron chi connectivity index (χ2n) is 3.31. The van der Waals surface area contributed by atoms with Gasteiger partial charge in [0.15, 0.2) is 5.78 Å². The monoisotopic (exact) mass is 261 g/mol. The summed E-state index contributed by atoms with van der Waals surface area (Å²) in [6, 6.07) is 6.36. The van der Waals surface area contributed by atoms with Crippen molar-refractivity contribution in [1.29, 1.82) is 0 Å². The van der Waals surface area contributed by atoms with Gasteiger partial charge in [0.25, 0.3) is 0 Å². The predicted molar refractivity (Wildman–Crippen MR) is 62.1 cm³/mol. The van der Waals surface area contributed by atoms with Gasteiger partial charge in [-0.2, -0.15) is 0 Å². The number of ketones is 1. The summed E-state index contributed by atoms with van der Waals surface area (Å²) in [5.74, 6) is -0.562. The molecule has 4 nitrogen and oxygen atoms in total. The predicted octanol–water partition coefficient (Wildman–Crippen LogP) is 1.08. The number of carbonyl (C=O) groups excluding carboxylic acids is 1. The Morgan fingerprint density at radius 2 is 1.88 bits per heavy atom. The zero-order chi connectivity index (χ0) is 12.2. The number of rotatable bonds is 5. The number of carbonyl (C=O) groups is 1. The molecule has 88 valence electrons. The molecule has 0 fully saturated rings. The lowest BCUT2D eigenvalue weighted by atomic mass is 10.2. The molecular weight excluding hydrogens is 250 g/mol. The smallest absolute Gasteiger partial charge is 0.240 e. The average Bonchev–Trinajstić information content (AvgIpc) is 2.26. The van der Waals surface area contributed by atoms with Crippen molar-refractivity contribution in [2.45, 2.75) is 11.8 Å². The van der Waals surface area contributed by atoms with E-state index in [0.717, 1.165) is 5.56 Å². The van der Waals surface area contributed by atoms with Crippen LogP contribution in [0.25, 0.3) is 0 Å². The van der Waals surface area contributed by atoms with Crippen molar-refractivity contribution in [3.63, 3.8) is 0 Å². The van der Waals surface area contributed by atoms with E-state index >= 15 is 0 Å². The van der Waals surface area contributed by atoms with E-state index in [2.05, 4.69) is 4.72 Å². The number of hydrogen-bond donors (Lipinski definition) is 1. The molecule has 6 heteroatoms. The molecule has 0 heterocycles. The third kappa shape index (κ3) is 3.59. The largest absolute Gasteiger partial charge is 0.297 e. The van der Waals surface area contributed by atoms with Crippen molar-refractivity contribution in [2.24, 2.45) is 0 Å². The molecular formula is C10H12ClNO3S. The molecule has 1 rings (SSSR count). The average molecular weight is 262 g/mol. The van der Waals surface area contributed by atoms with E-state index in [-0.39, 0.29) is 23.1 Å². The Bertz CT molecular complexity index is 467. The van der Waals surface area contributed by atoms with Crippen LogP contribution in [0.4, 0.5) is 0 Å². The first-order chi connectivity index (χ1) is 7.45. The Morgan fingerprint density at radius 1 is 1.31 bits per heavy atom. The highest BCUT2D eigenvalue weighted by atomic mass is 35.5. The Hall–Kier alpha value is -0.910.